The van der Waals surface area contributed by atoms with Crippen molar-refractivity contribution in [2.45, 2.75) is 0 Å². The van der Waals surface area contributed by atoms with Crippen LogP contribution in [0.15, 0.2) is 23.6 Å². The molecule has 2 heterocycles. The molecule has 0 radical (unpaired) electrons. The maximum absolute atomic E-state index is 13.7. The number of rotatable bonds is 3. The molecule has 0 amide bonds. The van der Waals surface area contributed by atoms with Crippen molar-refractivity contribution in [2.75, 3.05) is 38.3 Å². The summed E-state index contributed by atoms with van der Waals surface area (Å²) >= 11 is 1.57. The van der Waals surface area contributed by atoms with E-state index in [2.05, 4.69) is 9.88 Å². The van der Waals surface area contributed by atoms with E-state index in [1.54, 1.807) is 17.4 Å². The van der Waals surface area contributed by atoms with Crippen LogP contribution in [0.4, 0.5) is 9.52 Å². The first-order valence-corrected chi connectivity index (χ1v) is 7.28. The van der Waals surface area contributed by atoms with E-state index < -0.39 is 0 Å². The Morgan fingerprint density at radius 3 is 2.85 bits per heavy atom. The molecule has 1 aliphatic heterocycles. The van der Waals surface area contributed by atoms with E-state index >= 15 is 0 Å². The zero-order valence-corrected chi connectivity index (χ0v) is 12.0. The van der Waals surface area contributed by atoms with E-state index in [-0.39, 0.29) is 11.6 Å². The largest absolute Gasteiger partial charge is 0.494 e. The van der Waals surface area contributed by atoms with Gasteiger partial charge in [0.2, 0.25) is 0 Å². The van der Waals surface area contributed by atoms with Crippen molar-refractivity contribution in [1.29, 1.82) is 0 Å². The summed E-state index contributed by atoms with van der Waals surface area (Å²) < 4.78 is 24.0. The quantitative estimate of drug-likeness (QED) is 0.872. The lowest BCUT2D eigenvalue weighted by molar-refractivity contribution is 0.122. The van der Waals surface area contributed by atoms with Gasteiger partial charge in [-0.15, -0.1) is 11.3 Å². The smallest absolute Gasteiger partial charge is 0.186 e. The third kappa shape index (κ3) is 2.62. The fraction of sp³-hybridized carbons (Fsp3) is 0.357. The van der Waals surface area contributed by atoms with Crippen molar-refractivity contribution in [3.05, 3.63) is 29.4 Å². The highest BCUT2D eigenvalue weighted by Crippen LogP contribution is 2.30. The Morgan fingerprint density at radius 2 is 2.15 bits per heavy atom. The van der Waals surface area contributed by atoms with Gasteiger partial charge in [0.15, 0.2) is 16.7 Å². The summed E-state index contributed by atoms with van der Waals surface area (Å²) in [5.74, 6) is -0.122. The summed E-state index contributed by atoms with van der Waals surface area (Å²) in [7, 11) is 1.46. The lowest BCUT2D eigenvalue weighted by atomic mass is 10.1. The van der Waals surface area contributed by atoms with Gasteiger partial charge >= 0.3 is 0 Å². The topological polar surface area (TPSA) is 34.6 Å². The molecule has 0 bridgehead atoms. The van der Waals surface area contributed by atoms with E-state index in [9.17, 15) is 4.39 Å². The number of aromatic nitrogens is 1. The Balaban J connectivity index is 1.84. The molecule has 1 aromatic carbocycles. The van der Waals surface area contributed by atoms with Crippen LogP contribution in [0.2, 0.25) is 0 Å². The Hall–Kier alpha value is -1.66. The number of anilines is 1. The Labute approximate surface area is 120 Å². The summed E-state index contributed by atoms with van der Waals surface area (Å²) in [6.07, 6.45) is 0. The average molecular weight is 294 g/mol. The summed E-state index contributed by atoms with van der Waals surface area (Å²) in [5, 5.41) is 2.91. The van der Waals surface area contributed by atoms with Crippen LogP contribution in [0.1, 0.15) is 0 Å². The molecule has 0 unspecified atom stereocenters. The predicted octanol–water partition coefficient (Wildman–Crippen LogP) is 2.79. The lowest BCUT2D eigenvalue weighted by Crippen LogP contribution is -2.36. The number of hydrogen-bond donors (Lipinski definition) is 0. The highest BCUT2D eigenvalue weighted by molar-refractivity contribution is 7.14. The standard InChI is InChI=1S/C14H15FN2O2S/c1-18-13-3-2-10(8-11(13)15)12-9-20-14(16-12)17-4-6-19-7-5-17/h2-3,8-9H,4-7H2,1H3. The molecule has 1 saturated heterocycles. The Bertz CT molecular complexity index is 597. The minimum Gasteiger partial charge on any atom is -0.494 e. The molecule has 106 valence electrons. The van der Waals surface area contributed by atoms with Crippen molar-refractivity contribution in [3.8, 4) is 17.0 Å². The fourth-order valence-electron chi connectivity index (χ4n) is 2.12. The molecular formula is C14H15FN2O2S. The number of morpholine rings is 1. The highest BCUT2D eigenvalue weighted by atomic mass is 32.1. The summed E-state index contributed by atoms with van der Waals surface area (Å²) in [6.45, 7) is 3.16. The number of thiazole rings is 1. The van der Waals surface area contributed by atoms with Gasteiger partial charge in [0, 0.05) is 24.0 Å². The molecule has 4 nitrogen and oxygen atoms in total. The van der Waals surface area contributed by atoms with Gasteiger partial charge in [-0.2, -0.15) is 0 Å². The molecule has 1 fully saturated rings. The molecule has 0 saturated carbocycles. The van der Waals surface area contributed by atoms with Crippen LogP contribution in [0.5, 0.6) is 5.75 Å². The van der Waals surface area contributed by atoms with Crippen molar-refractivity contribution < 1.29 is 13.9 Å². The third-order valence-corrected chi connectivity index (χ3v) is 4.12. The number of ether oxygens (including phenoxy) is 2. The molecule has 0 spiro atoms. The minimum atomic E-state index is -0.370. The van der Waals surface area contributed by atoms with Crippen molar-refractivity contribution in [2.24, 2.45) is 0 Å². The Kier molecular flexibility index (Phi) is 3.84. The van der Waals surface area contributed by atoms with Gasteiger partial charge in [0.05, 0.1) is 26.0 Å². The minimum absolute atomic E-state index is 0.248. The number of nitrogens with zero attached hydrogens (tertiary/aromatic N) is 2. The molecule has 0 aliphatic carbocycles. The second-order valence-electron chi connectivity index (χ2n) is 4.46. The van der Waals surface area contributed by atoms with Crippen molar-refractivity contribution >= 4 is 16.5 Å². The van der Waals surface area contributed by atoms with E-state index in [0.29, 0.717) is 0 Å². The second-order valence-corrected chi connectivity index (χ2v) is 5.30. The van der Waals surface area contributed by atoms with E-state index in [1.807, 2.05) is 11.4 Å². The molecule has 20 heavy (non-hydrogen) atoms. The second kappa shape index (κ2) is 5.76. The van der Waals surface area contributed by atoms with Gasteiger partial charge < -0.3 is 14.4 Å². The highest BCUT2D eigenvalue weighted by Gasteiger charge is 2.15. The monoisotopic (exact) mass is 294 g/mol. The molecule has 6 heteroatoms. The van der Waals surface area contributed by atoms with Crippen LogP contribution in [0.25, 0.3) is 11.3 Å². The first-order chi connectivity index (χ1) is 9.78. The third-order valence-electron chi connectivity index (χ3n) is 3.22. The average Bonchev–Trinajstić information content (AvgIpc) is 2.98. The summed E-state index contributed by atoms with van der Waals surface area (Å²) in [6, 6.07) is 4.90. The van der Waals surface area contributed by atoms with Gasteiger partial charge in [0.25, 0.3) is 0 Å². The molecule has 3 rings (SSSR count). The van der Waals surface area contributed by atoms with Crippen LogP contribution in [0.3, 0.4) is 0 Å². The van der Waals surface area contributed by atoms with E-state index in [0.717, 1.165) is 42.7 Å². The van der Waals surface area contributed by atoms with Crippen molar-refractivity contribution in [1.82, 2.24) is 4.98 Å². The normalized spacial score (nSPS) is 15.4. The first kappa shape index (κ1) is 13.3. The molecule has 1 aromatic heterocycles. The van der Waals surface area contributed by atoms with Crippen molar-refractivity contribution in [3.63, 3.8) is 0 Å². The summed E-state index contributed by atoms with van der Waals surface area (Å²) in [4.78, 5) is 6.77. The van der Waals surface area contributed by atoms with Crippen LogP contribution < -0.4 is 9.64 Å². The Morgan fingerprint density at radius 1 is 1.35 bits per heavy atom. The van der Waals surface area contributed by atoms with Gasteiger partial charge in [-0.3, -0.25) is 0 Å². The molecular weight excluding hydrogens is 279 g/mol. The lowest BCUT2D eigenvalue weighted by Gasteiger charge is -2.26. The number of methoxy groups -OCH3 is 1. The fourth-order valence-corrected chi connectivity index (χ4v) is 3.01. The predicted molar refractivity (Wildman–Crippen MR) is 77.1 cm³/mol. The maximum atomic E-state index is 13.7. The zero-order chi connectivity index (χ0) is 13.9. The van der Waals surface area contributed by atoms with E-state index in [1.165, 1.54) is 13.2 Å². The molecule has 0 atom stereocenters. The van der Waals surface area contributed by atoms with Gasteiger partial charge in [-0.25, -0.2) is 9.37 Å². The zero-order valence-electron chi connectivity index (χ0n) is 11.1. The maximum Gasteiger partial charge on any atom is 0.186 e. The molecule has 2 aromatic rings. The van der Waals surface area contributed by atoms with Crippen LogP contribution >= 0.6 is 11.3 Å². The van der Waals surface area contributed by atoms with Crippen LogP contribution in [-0.4, -0.2) is 38.4 Å². The first-order valence-electron chi connectivity index (χ1n) is 6.40. The molecule has 1 aliphatic rings. The molecule has 0 N–H and O–H groups in total. The van der Waals surface area contributed by atoms with Gasteiger partial charge in [0.1, 0.15) is 0 Å². The van der Waals surface area contributed by atoms with Gasteiger partial charge in [-0.1, -0.05) is 0 Å². The number of hydrogen-bond acceptors (Lipinski definition) is 5. The van der Waals surface area contributed by atoms with Gasteiger partial charge in [-0.05, 0) is 18.2 Å². The SMILES string of the molecule is COc1ccc(-c2csc(N3CCOCC3)n2)cc1F. The summed E-state index contributed by atoms with van der Waals surface area (Å²) in [5.41, 5.74) is 1.55. The number of halogens is 1. The van der Waals surface area contributed by atoms with Crippen LogP contribution in [-0.2, 0) is 4.74 Å². The van der Waals surface area contributed by atoms with E-state index in [4.69, 9.17) is 9.47 Å². The van der Waals surface area contributed by atoms with Crippen LogP contribution in [0, 0.1) is 5.82 Å². The number of benzene rings is 1.